The summed E-state index contributed by atoms with van der Waals surface area (Å²) in [5, 5.41) is 13.9. The standard InChI is InChI=1S/CH2O3.Al.Mg.3H2O.5H/c2-1(3)4;;;;;;;;;;/h(H2,2,3,4);;;3*1H2;;;;;/q;;+2;;;;;;;2*-1. The van der Waals surface area contributed by atoms with E-state index in [-0.39, 0.29) is 59.7 Å². The smallest absolute Gasteiger partial charge is 1.00 e. The van der Waals surface area contributed by atoms with E-state index in [0.717, 1.165) is 0 Å². The van der Waals surface area contributed by atoms with E-state index in [9.17, 15) is 0 Å². The molecule has 0 saturated heterocycles. The molecule has 8 N–H and O–H groups in total. The number of rotatable bonds is 0. The Morgan fingerprint density at radius 3 is 1.11 bits per heavy atom. The SMILES string of the molecule is O.O.O.O=C(O)O.[AlH3].[H-].[H-].[Mg+2]. The van der Waals surface area contributed by atoms with Gasteiger partial charge in [-0.2, -0.15) is 0 Å². The van der Waals surface area contributed by atoms with Gasteiger partial charge in [0.2, 0.25) is 0 Å². The summed E-state index contributed by atoms with van der Waals surface area (Å²) in [5.74, 6) is 0. The summed E-state index contributed by atoms with van der Waals surface area (Å²) >= 11 is 0. The van der Waals surface area contributed by atoms with Gasteiger partial charge in [-0.25, -0.2) is 4.79 Å². The average molecular weight is 172 g/mol. The molecular formula is CH13AlMgO6. The van der Waals surface area contributed by atoms with Crippen molar-refractivity contribution in [3.8, 4) is 0 Å². The molecule has 0 radical (unpaired) electrons. The molecule has 0 atom stereocenters. The molecule has 0 aliphatic carbocycles. The molecule has 58 valence electrons. The van der Waals surface area contributed by atoms with E-state index in [0.29, 0.717) is 0 Å². The summed E-state index contributed by atoms with van der Waals surface area (Å²) in [7, 11) is 0. The van der Waals surface area contributed by atoms with Gasteiger partial charge in [0.25, 0.3) is 0 Å². The molecule has 0 heterocycles. The summed E-state index contributed by atoms with van der Waals surface area (Å²) in [6.45, 7) is 0. The van der Waals surface area contributed by atoms with E-state index in [4.69, 9.17) is 15.0 Å². The van der Waals surface area contributed by atoms with Gasteiger partial charge in [-0.05, 0) is 0 Å². The number of hydrogen-bond donors (Lipinski definition) is 2. The molecule has 0 aliphatic rings. The molecule has 0 aliphatic heterocycles. The van der Waals surface area contributed by atoms with Crippen LogP contribution < -0.4 is 0 Å². The second kappa shape index (κ2) is 39.4. The van der Waals surface area contributed by atoms with Crippen molar-refractivity contribution in [2.75, 3.05) is 0 Å². The molecule has 0 rings (SSSR count). The van der Waals surface area contributed by atoms with Crippen LogP contribution in [-0.4, -0.2) is 73.2 Å². The van der Waals surface area contributed by atoms with Crippen LogP contribution in [0.3, 0.4) is 0 Å². The first-order chi connectivity index (χ1) is 1.73. The van der Waals surface area contributed by atoms with Crippen LogP contribution >= 0.6 is 0 Å². The normalized spacial score (nSPS) is 2.67. The largest absolute Gasteiger partial charge is 2.00 e. The van der Waals surface area contributed by atoms with Crippen LogP contribution in [0.15, 0.2) is 0 Å². The Balaban J connectivity index is -0.00000000214. The third kappa shape index (κ3) is 1750. The molecular weight excluding hydrogens is 159 g/mol. The summed E-state index contributed by atoms with van der Waals surface area (Å²) < 4.78 is 0. The molecule has 0 fully saturated rings. The monoisotopic (exact) mass is 172 g/mol. The first kappa shape index (κ1) is 56.7. The van der Waals surface area contributed by atoms with E-state index in [1.54, 1.807) is 0 Å². The van der Waals surface area contributed by atoms with Crippen molar-refractivity contribution in [3.05, 3.63) is 0 Å². The molecule has 0 aromatic carbocycles. The summed E-state index contributed by atoms with van der Waals surface area (Å²) in [6.07, 6.45) is -1.83. The van der Waals surface area contributed by atoms with Crippen LogP contribution in [0.2, 0.25) is 0 Å². The van der Waals surface area contributed by atoms with Crippen molar-refractivity contribution >= 4 is 46.6 Å². The van der Waals surface area contributed by atoms with E-state index in [1.165, 1.54) is 0 Å². The molecule has 0 unspecified atom stereocenters. The van der Waals surface area contributed by atoms with Crippen LogP contribution in [0.4, 0.5) is 4.79 Å². The second-order valence-corrected chi connectivity index (χ2v) is 0.283. The molecule has 0 bridgehead atoms. The van der Waals surface area contributed by atoms with Gasteiger partial charge in [0.1, 0.15) is 0 Å². The zero-order valence-electron chi connectivity index (χ0n) is 6.01. The first-order valence-electron chi connectivity index (χ1n) is 0.651. The third-order valence-electron chi connectivity index (χ3n) is 0. The van der Waals surface area contributed by atoms with E-state index < -0.39 is 6.16 Å². The average Bonchev–Trinajstić information content (AvgIpc) is 0.811. The van der Waals surface area contributed by atoms with Crippen LogP contribution in [0, 0.1) is 0 Å². The fourth-order valence-corrected chi connectivity index (χ4v) is 0. The van der Waals surface area contributed by atoms with Crippen LogP contribution in [0.1, 0.15) is 2.85 Å². The minimum absolute atomic E-state index is 0. The van der Waals surface area contributed by atoms with Gasteiger partial charge >= 0.3 is 29.2 Å². The third-order valence-corrected chi connectivity index (χ3v) is 0. The Hall–Kier alpha value is 0.449. The van der Waals surface area contributed by atoms with Gasteiger partial charge in [-0.15, -0.1) is 0 Å². The Morgan fingerprint density at radius 1 is 1.11 bits per heavy atom. The van der Waals surface area contributed by atoms with Crippen molar-refractivity contribution < 1.29 is 34.3 Å². The van der Waals surface area contributed by atoms with E-state index >= 15 is 0 Å². The molecule has 8 heteroatoms. The molecule has 0 amide bonds. The van der Waals surface area contributed by atoms with Gasteiger partial charge in [0.05, 0.1) is 0 Å². The maximum Gasteiger partial charge on any atom is 2.00 e. The molecule has 6 nitrogen and oxygen atoms in total. The fraction of sp³-hybridized carbons (Fsp3) is 0. The van der Waals surface area contributed by atoms with Crippen molar-refractivity contribution in [2.45, 2.75) is 0 Å². The Kier molecular flexibility index (Phi) is 248. The van der Waals surface area contributed by atoms with Crippen molar-refractivity contribution in [2.24, 2.45) is 0 Å². The van der Waals surface area contributed by atoms with Crippen LogP contribution in [-0.2, 0) is 0 Å². The molecule has 0 spiro atoms. The quantitative estimate of drug-likeness (QED) is 0.363. The number of hydrogen-bond acceptors (Lipinski definition) is 1. The van der Waals surface area contributed by atoms with Crippen LogP contribution in [0.5, 0.6) is 0 Å². The molecule has 0 aromatic heterocycles. The van der Waals surface area contributed by atoms with Crippen LogP contribution in [0.25, 0.3) is 0 Å². The van der Waals surface area contributed by atoms with Crippen molar-refractivity contribution in [1.82, 2.24) is 0 Å². The molecule has 9 heavy (non-hydrogen) atoms. The maximum atomic E-state index is 8.56. The van der Waals surface area contributed by atoms with Gasteiger partial charge in [-0.3, -0.25) is 0 Å². The Labute approximate surface area is 81.0 Å². The minimum atomic E-state index is -1.83. The zero-order chi connectivity index (χ0) is 3.58. The van der Waals surface area contributed by atoms with E-state index in [2.05, 4.69) is 0 Å². The topological polar surface area (TPSA) is 152 Å². The van der Waals surface area contributed by atoms with Crippen molar-refractivity contribution in [3.63, 3.8) is 0 Å². The number of carbonyl (C=O) groups is 1. The Morgan fingerprint density at radius 2 is 1.11 bits per heavy atom. The summed E-state index contributed by atoms with van der Waals surface area (Å²) in [5.41, 5.74) is 0. The number of carboxylic acid groups (broad SMARTS) is 2. The molecule has 0 saturated carbocycles. The van der Waals surface area contributed by atoms with Crippen molar-refractivity contribution in [1.29, 1.82) is 0 Å². The molecule has 0 aromatic rings. The van der Waals surface area contributed by atoms with Gasteiger partial charge in [0, 0.05) is 0 Å². The van der Waals surface area contributed by atoms with Gasteiger partial charge in [0.15, 0.2) is 17.4 Å². The maximum absolute atomic E-state index is 8.56. The van der Waals surface area contributed by atoms with E-state index in [1.807, 2.05) is 0 Å². The van der Waals surface area contributed by atoms with Gasteiger partial charge in [-0.1, -0.05) is 0 Å². The predicted molar refractivity (Wildman–Crippen MR) is 39.4 cm³/mol. The first-order valence-corrected chi connectivity index (χ1v) is 0.651. The van der Waals surface area contributed by atoms with Gasteiger partial charge < -0.3 is 29.5 Å². The predicted octanol–water partition coefficient (Wildman–Crippen LogP) is -3.59. The summed E-state index contributed by atoms with van der Waals surface area (Å²) in [6, 6.07) is 0. The minimum Gasteiger partial charge on any atom is -1.00 e. The second-order valence-electron chi connectivity index (χ2n) is 0.283. The Bertz CT molecular complexity index is 43.6. The zero-order valence-corrected chi connectivity index (χ0v) is 5.42. The fourth-order valence-electron chi connectivity index (χ4n) is 0. The summed E-state index contributed by atoms with van der Waals surface area (Å²) in [4.78, 5) is 8.56.